The summed E-state index contributed by atoms with van der Waals surface area (Å²) in [6.07, 6.45) is 14.9. The van der Waals surface area contributed by atoms with E-state index in [1.54, 1.807) is 33.4 Å². The van der Waals surface area contributed by atoms with Gasteiger partial charge in [0, 0.05) is 0 Å². The fraction of sp³-hybridized carbons (Fsp3) is 0.613. The minimum absolute atomic E-state index is 0.537. The molecule has 0 spiro atoms. The van der Waals surface area contributed by atoms with Gasteiger partial charge < -0.3 is 0 Å². The molecule has 2 fully saturated rings. The van der Waals surface area contributed by atoms with E-state index in [0.717, 1.165) is 17.0 Å². The van der Waals surface area contributed by atoms with E-state index in [4.69, 9.17) is 0 Å². The molecule has 1 aliphatic heterocycles. The van der Waals surface area contributed by atoms with Crippen molar-refractivity contribution >= 4 is 12.6 Å². The van der Waals surface area contributed by atoms with Crippen molar-refractivity contribution in [2.75, 3.05) is 0 Å². The van der Waals surface area contributed by atoms with E-state index < -0.39 is 7.26 Å². The second-order valence-electron chi connectivity index (χ2n) is 12.1. The second-order valence-corrected chi connectivity index (χ2v) is 17.0. The molecule has 172 valence electrons. The molecule has 0 aromatic heterocycles. The topological polar surface area (TPSA) is 0 Å². The van der Waals surface area contributed by atoms with Gasteiger partial charge in [-0.2, -0.15) is 0 Å². The Hall–Kier alpha value is -1.13. The van der Waals surface area contributed by atoms with Crippen molar-refractivity contribution in [2.24, 2.45) is 0 Å². The number of hydrogen-bond acceptors (Lipinski definition) is 0. The molecular weight excluding hydrogens is 403 g/mol. The van der Waals surface area contributed by atoms with E-state index >= 15 is 0 Å². The van der Waals surface area contributed by atoms with Crippen LogP contribution in [0.3, 0.4) is 0 Å². The van der Waals surface area contributed by atoms with Gasteiger partial charge in [-0.25, -0.2) is 0 Å². The molecule has 2 atom stereocenters. The van der Waals surface area contributed by atoms with Crippen LogP contribution < -0.4 is 5.30 Å². The first-order chi connectivity index (χ1) is 15.5. The van der Waals surface area contributed by atoms with Gasteiger partial charge in [-0.1, -0.05) is 0 Å². The van der Waals surface area contributed by atoms with Gasteiger partial charge in [0.05, 0.1) is 0 Å². The van der Waals surface area contributed by atoms with E-state index in [0.29, 0.717) is 11.8 Å². The summed E-state index contributed by atoms with van der Waals surface area (Å²) in [5.74, 6) is 1.15. The van der Waals surface area contributed by atoms with Crippen molar-refractivity contribution in [3.63, 3.8) is 0 Å². The minimum atomic E-state index is -1.73. The molecule has 1 heterocycles. The van der Waals surface area contributed by atoms with Crippen molar-refractivity contribution in [1.29, 1.82) is 0 Å². The average molecular weight is 447 g/mol. The Morgan fingerprint density at radius 2 is 1.34 bits per heavy atom. The number of rotatable bonds is 3. The first-order valence-electron chi connectivity index (χ1n) is 13.9. The van der Waals surface area contributed by atoms with Crippen molar-refractivity contribution in [3.05, 3.63) is 52.6 Å². The monoisotopic (exact) mass is 446 g/mol. The van der Waals surface area contributed by atoms with Crippen LogP contribution >= 0.6 is 7.26 Å². The Morgan fingerprint density at radius 3 is 1.94 bits per heavy atom. The average Bonchev–Trinajstić information content (AvgIpc) is 2.84. The van der Waals surface area contributed by atoms with Crippen molar-refractivity contribution in [2.45, 2.75) is 121 Å². The Balaban J connectivity index is 1.65. The van der Waals surface area contributed by atoms with Gasteiger partial charge in [0.1, 0.15) is 0 Å². The molecule has 6 rings (SSSR count). The molecule has 4 aliphatic rings. The van der Waals surface area contributed by atoms with Crippen LogP contribution in [-0.2, 0) is 0 Å². The SMILES string of the molecule is CC(C)c1cc2c3c(c1)C(C)[PH](C1CCCCC1)(C1CCCCC1)c1ccc(cc1-3)C2C. The zero-order valence-electron chi connectivity index (χ0n) is 20.8. The van der Waals surface area contributed by atoms with Crippen LogP contribution in [0.25, 0.3) is 11.1 Å². The summed E-state index contributed by atoms with van der Waals surface area (Å²) in [6, 6.07) is 13.2. The van der Waals surface area contributed by atoms with E-state index in [2.05, 4.69) is 58.0 Å². The van der Waals surface area contributed by atoms with E-state index in [1.165, 1.54) is 64.2 Å². The first-order valence-corrected chi connectivity index (χ1v) is 16.1. The van der Waals surface area contributed by atoms with Crippen molar-refractivity contribution < 1.29 is 0 Å². The van der Waals surface area contributed by atoms with Crippen molar-refractivity contribution in [1.82, 2.24) is 0 Å². The number of benzene rings is 2. The molecule has 0 N–H and O–H groups in total. The zero-order valence-corrected chi connectivity index (χ0v) is 21.8. The molecule has 2 saturated carbocycles. The van der Waals surface area contributed by atoms with Gasteiger partial charge in [-0.3, -0.25) is 0 Å². The van der Waals surface area contributed by atoms with Gasteiger partial charge in [0.15, 0.2) is 0 Å². The maximum absolute atomic E-state index is 2.71. The normalized spacial score (nSPS) is 28.0. The Labute approximate surface area is 196 Å². The Kier molecular flexibility index (Phi) is 5.34. The molecular formula is C31H43P. The Bertz CT molecular complexity index is 1000. The molecule has 2 aromatic carbocycles. The fourth-order valence-electron chi connectivity index (χ4n) is 8.77. The van der Waals surface area contributed by atoms with Crippen LogP contribution in [0.15, 0.2) is 30.3 Å². The third-order valence-electron chi connectivity index (χ3n) is 10.4. The predicted octanol–water partition coefficient (Wildman–Crippen LogP) is 9.06. The molecule has 2 aromatic rings. The summed E-state index contributed by atoms with van der Waals surface area (Å²) < 4.78 is 0. The molecule has 0 saturated heterocycles. The molecule has 0 radical (unpaired) electrons. The standard InChI is InChI=1S/C31H43P/c1-20(2)24-18-27-21(3)23-15-16-30-29(17-23)31(27)28(19-24)22(4)32(30,25-11-7-5-8-12-25)26-13-9-6-10-14-26/h15-22,25-26,32H,5-14H2,1-4H3. The summed E-state index contributed by atoms with van der Waals surface area (Å²) in [7, 11) is -1.73. The van der Waals surface area contributed by atoms with E-state index in [9.17, 15) is 0 Å². The Morgan fingerprint density at radius 1 is 0.750 bits per heavy atom. The predicted molar refractivity (Wildman–Crippen MR) is 144 cm³/mol. The van der Waals surface area contributed by atoms with Crippen LogP contribution in [0.5, 0.6) is 0 Å². The summed E-state index contributed by atoms with van der Waals surface area (Å²) in [6.45, 7) is 9.95. The summed E-state index contributed by atoms with van der Waals surface area (Å²) >= 11 is 0. The number of hydrogen-bond donors (Lipinski definition) is 0. The quantitative estimate of drug-likeness (QED) is 0.412. The molecule has 2 unspecified atom stereocenters. The summed E-state index contributed by atoms with van der Waals surface area (Å²) in [5.41, 5.74) is 12.7. The second kappa shape index (κ2) is 7.98. The molecule has 0 amide bonds. The third kappa shape index (κ3) is 2.90. The van der Waals surface area contributed by atoms with Crippen LogP contribution in [0.1, 0.15) is 132 Å². The van der Waals surface area contributed by atoms with Crippen LogP contribution in [0.4, 0.5) is 0 Å². The summed E-state index contributed by atoms with van der Waals surface area (Å²) in [4.78, 5) is 0. The van der Waals surface area contributed by atoms with Crippen LogP contribution in [-0.4, -0.2) is 11.3 Å². The van der Waals surface area contributed by atoms with E-state index in [-0.39, 0.29) is 0 Å². The molecule has 1 heteroatoms. The molecule has 32 heavy (non-hydrogen) atoms. The molecule has 3 aliphatic carbocycles. The zero-order chi connectivity index (χ0) is 22.0. The van der Waals surface area contributed by atoms with Crippen molar-refractivity contribution in [3.8, 4) is 11.1 Å². The van der Waals surface area contributed by atoms with Gasteiger partial charge in [0.2, 0.25) is 0 Å². The van der Waals surface area contributed by atoms with Gasteiger partial charge in [0.25, 0.3) is 0 Å². The number of fused-ring (bicyclic) bond motifs is 1. The van der Waals surface area contributed by atoms with Gasteiger partial charge in [-0.15, -0.1) is 0 Å². The molecule has 0 nitrogen and oxygen atoms in total. The van der Waals surface area contributed by atoms with E-state index in [1.807, 2.05) is 5.30 Å². The fourth-order valence-corrected chi connectivity index (χ4v) is 16.7. The maximum atomic E-state index is 2.71. The third-order valence-corrected chi connectivity index (χ3v) is 17.3. The van der Waals surface area contributed by atoms with Gasteiger partial charge >= 0.3 is 197 Å². The first kappa shape index (κ1) is 21.4. The van der Waals surface area contributed by atoms with Crippen LogP contribution in [0.2, 0.25) is 0 Å². The molecule has 2 bridgehead atoms. The van der Waals surface area contributed by atoms with Crippen LogP contribution in [0, 0.1) is 0 Å². The van der Waals surface area contributed by atoms with Gasteiger partial charge in [-0.05, 0) is 0 Å². The summed E-state index contributed by atoms with van der Waals surface area (Å²) in [5, 5.41) is 1.89.